The van der Waals surface area contributed by atoms with Crippen LogP contribution in [0.4, 0.5) is 5.82 Å². The summed E-state index contributed by atoms with van der Waals surface area (Å²) in [6.45, 7) is 0.0139. The van der Waals surface area contributed by atoms with Crippen molar-refractivity contribution in [2.24, 2.45) is 0 Å². The van der Waals surface area contributed by atoms with E-state index in [-0.39, 0.29) is 12.5 Å². The predicted molar refractivity (Wildman–Crippen MR) is 82.2 cm³/mol. The Hall–Kier alpha value is -2.35. The third-order valence-electron chi connectivity index (χ3n) is 2.55. The first-order valence-electron chi connectivity index (χ1n) is 6.33. The van der Waals surface area contributed by atoms with Crippen LogP contribution in [0.2, 0.25) is 5.02 Å². The Kier molecular flexibility index (Phi) is 5.33. The van der Waals surface area contributed by atoms with Crippen molar-refractivity contribution in [2.75, 3.05) is 11.9 Å². The summed E-state index contributed by atoms with van der Waals surface area (Å²) in [7, 11) is 0. The van der Waals surface area contributed by atoms with Crippen molar-refractivity contribution >= 4 is 23.3 Å². The summed E-state index contributed by atoms with van der Waals surface area (Å²) in [5.41, 5.74) is 1.04. The van der Waals surface area contributed by atoms with Crippen LogP contribution in [-0.4, -0.2) is 22.6 Å². The van der Waals surface area contributed by atoms with Crippen molar-refractivity contribution in [3.8, 4) is 11.8 Å². The second-order valence-corrected chi connectivity index (χ2v) is 4.58. The second kappa shape index (κ2) is 7.44. The molecule has 0 bridgehead atoms. The highest BCUT2D eigenvalue weighted by Crippen LogP contribution is 2.11. The maximum atomic E-state index is 12.0. The fourth-order valence-electron chi connectivity index (χ4n) is 1.57. The second-order valence-electron chi connectivity index (χ2n) is 4.14. The molecule has 0 aliphatic carbocycles. The number of carbonyl (C=O) groups excluding carboxylic acids is 1. The van der Waals surface area contributed by atoms with E-state index in [1.54, 1.807) is 42.5 Å². The molecule has 0 radical (unpaired) electrons. The first kappa shape index (κ1) is 15.0. The molecule has 0 fully saturated rings. The molecule has 0 saturated carbocycles. The summed E-state index contributed by atoms with van der Waals surface area (Å²) in [5, 5.41) is 11.9. The van der Waals surface area contributed by atoms with Gasteiger partial charge in [0.2, 0.25) is 0 Å². The minimum absolute atomic E-state index is 0.0139. The lowest BCUT2D eigenvalue weighted by Crippen LogP contribution is -2.13. The van der Waals surface area contributed by atoms with E-state index >= 15 is 0 Å². The van der Waals surface area contributed by atoms with Crippen LogP contribution >= 0.6 is 11.6 Å². The zero-order valence-corrected chi connectivity index (χ0v) is 11.9. The standard InChI is InChI=1S/C16H13ClN2O2/c17-13-9-7-12(8-10-13)16(21)19-15-6-3-5-14(18-15)4-1-2-11-20/h3,5-10,20H,2,11H2,(H,18,19,21). The van der Waals surface area contributed by atoms with Crippen molar-refractivity contribution in [2.45, 2.75) is 6.42 Å². The first-order valence-corrected chi connectivity index (χ1v) is 6.70. The molecule has 2 rings (SSSR count). The minimum atomic E-state index is -0.264. The summed E-state index contributed by atoms with van der Waals surface area (Å²) in [6.07, 6.45) is 0.392. The SMILES string of the molecule is O=C(Nc1cccc(C#CCCO)n1)c1ccc(Cl)cc1. The normalized spacial score (nSPS) is 9.62. The van der Waals surface area contributed by atoms with E-state index in [0.29, 0.717) is 28.5 Å². The number of halogens is 1. The molecule has 0 aliphatic rings. The maximum absolute atomic E-state index is 12.0. The summed E-state index contributed by atoms with van der Waals surface area (Å²) in [4.78, 5) is 16.2. The molecule has 21 heavy (non-hydrogen) atoms. The molecule has 106 valence electrons. The number of benzene rings is 1. The number of aliphatic hydroxyl groups is 1. The third kappa shape index (κ3) is 4.60. The highest BCUT2D eigenvalue weighted by molar-refractivity contribution is 6.30. The van der Waals surface area contributed by atoms with Crippen molar-refractivity contribution in [1.82, 2.24) is 4.98 Å². The number of amides is 1. The van der Waals surface area contributed by atoms with Gasteiger partial charge in [0.25, 0.3) is 5.91 Å². The van der Waals surface area contributed by atoms with Gasteiger partial charge in [0.1, 0.15) is 11.5 Å². The van der Waals surface area contributed by atoms with E-state index < -0.39 is 0 Å². The quantitative estimate of drug-likeness (QED) is 0.857. The van der Waals surface area contributed by atoms with E-state index in [9.17, 15) is 4.79 Å². The molecule has 4 nitrogen and oxygen atoms in total. The fourth-order valence-corrected chi connectivity index (χ4v) is 1.70. The van der Waals surface area contributed by atoms with Crippen LogP contribution in [0.15, 0.2) is 42.5 Å². The average molecular weight is 301 g/mol. The Morgan fingerprint density at radius 2 is 2.00 bits per heavy atom. The molecule has 1 aromatic heterocycles. The van der Waals surface area contributed by atoms with Crippen molar-refractivity contribution in [3.05, 3.63) is 58.7 Å². The maximum Gasteiger partial charge on any atom is 0.256 e. The molecule has 0 atom stereocenters. The van der Waals surface area contributed by atoms with Crippen molar-refractivity contribution in [3.63, 3.8) is 0 Å². The van der Waals surface area contributed by atoms with Gasteiger partial charge in [-0.1, -0.05) is 23.6 Å². The first-order chi connectivity index (χ1) is 10.2. The Bertz CT molecular complexity index is 687. The molecule has 1 aromatic carbocycles. The van der Waals surface area contributed by atoms with Gasteiger partial charge in [-0.05, 0) is 42.3 Å². The molecule has 0 unspecified atom stereocenters. The van der Waals surface area contributed by atoms with Crippen LogP contribution in [-0.2, 0) is 0 Å². The molecule has 1 amide bonds. The summed E-state index contributed by atoms with van der Waals surface area (Å²) >= 11 is 5.78. The Morgan fingerprint density at radius 1 is 1.24 bits per heavy atom. The van der Waals surface area contributed by atoms with E-state index in [1.165, 1.54) is 0 Å². The molecule has 0 saturated heterocycles. The molecular weight excluding hydrogens is 288 g/mol. The number of aromatic nitrogens is 1. The summed E-state index contributed by atoms with van der Waals surface area (Å²) < 4.78 is 0. The number of nitrogens with one attached hydrogen (secondary N) is 1. The van der Waals surface area contributed by atoms with Crippen LogP contribution in [0.1, 0.15) is 22.5 Å². The Labute approximate surface area is 127 Å². The number of hydrogen-bond donors (Lipinski definition) is 2. The van der Waals surface area contributed by atoms with Crippen molar-refractivity contribution < 1.29 is 9.90 Å². The van der Waals surface area contributed by atoms with Crippen molar-refractivity contribution in [1.29, 1.82) is 0 Å². The lowest BCUT2D eigenvalue weighted by atomic mass is 10.2. The van der Waals surface area contributed by atoms with E-state index in [2.05, 4.69) is 22.1 Å². The van der Waals surface area contributed by atoms with E-state index in [1.807, 2.05) is 0 Å². The van der Waals surface area contributed by atoms with Gasteiger partial charge >= 0.3 is 0 Å². The predicted octanol–water partition coefficient (Wildman–Crippen LogP) is 2.72. The summed E-state index contributed by atoms with van der Waals surface area (Å²) in [5.74, 6) is 5.75. The lowest BCUT2D eigenvalue weighted by Gasteiger charge is -2.04. The topological polar surface area (TPSA) is 62.2 Å². The number of nitrogens with zero attached hydrogens (tertiary/aromatic N) is 1. The number of anilines is 1. The Morgan fingerprint density at radius 3 is 2.71 bits per heavy atom. The molecule has 0 spiro atoms. The van der Waals surface area contributed by atoms with Gasteiger partial charge in [0, 0.05) is 17.0 Å². The largest absolute Gasteiger partial charge is 0.395 e. The van der Waals surface area contributed by atoms with Crippen LogP contribution in [0.3, 0.4) is 0 Å². The zero-order chi connectivity index (χ0) is 15.1. The molecular formula is C16H13ClN2O2. The van der Waals surface area contributed by atoms with Gasteiger partial charge in [0.15, 0.2) is 0 Å². The summed E-state index contributed by atoms with van der Waals surface area (Å²) in [6, 6.07) is 11.8. The van der Waals surface area contributed by atoms with Gasteiger partial charge in [-0.15, -0.1) is 0 Å². The lowest BCUT2D eigenvalue weighted by molar-refractivity contribution is 0.102. The number of carbonyl (C=O) groups is 1. The van der Waals surface area contributed by atoms with Crippen LogP contribution < -0.4 is 5.32 Å². The van der Waals surface area contributed by atoms with Gasteiger partial charge in [0.05, 0.1) is 6.61 Å². The molecule has 5 heteroatoms. The highest BCUT2D eigenvalue weighted by Gasteiger charge is 2.06. The number of hydrogen-bond acceptors (Lipinski definition) is 3. The smallest absolute Gasteiger partial charge is 0.256 e. The molecule has 0 aliphatic heterocycles. The van der Waals surface area contributed by atoms with E-state index in [0.717, 1.165) is 0 Å². The Balaban J connectivity index is 2.09. The fraction of sp³-hybridized carbons (Fsp3) is 0.125. The van der Waals surface area contributed by atoms with Crippen LogP contribution in [0.5, 0.6) is 0 Å². The van der Waals surface area contributed by atoms with Crippen LogP contribution in [0.25, 0.3) is 0 Å². The van der Waals surface area contributed by atoms with Gasteiger partial charge in [-0.2, -0.15) is 0 Å². The average Bonchev–Trinajstić information content (AvgIpc) is 2.48. The molecule has 2 N–H and O–H groups in total. The van der Waals surface area contributed by atoms with Crippen LogP contribution in [0, 0.1) is 11.8 Å². The number of pyridine rings is 1. The van der Waals surface area contributed by atoms with Gasteiger partial charge in [-0.25, -0.2) is 4.98 Å². The minimum Gasteiger partial charge on any atom is -0.395 e. The van der Waals surface area contributed by atoms with Gasteiger partial charge < -0.3 is 10.4 Å². The molecule has 1 heterocycles. The van der Waals surface area contributed by atoms with Gasteiger partial charge in [-0.3, -0.25) is 4.79 Å². The third-order valence-corrected chi connectivity index (χ3v) is 2.80. The monoisotopic (exact) mass is 300 g/mol. The number of aliphatic hydroxyl groups excluding tert-OH is 1. The zero-order valence-electron chi connectivity index (χ0n) is 11.1. The molecule has 2 aromatic rings. The highest BCUT2D eigenvalue weighted by atomic mass is 35.5. The van der Waals surface area contributed by atoms with E-state index in [4.69, 9.17) is 16.7 Å². The number of rotatable bonds is 3.